The highest BCUT2D eigenvalue weighted by atomic mass is 35.5. The minimum atomic E-state index is -4.65. The molecule has 0 aromatic heterocycles. The third-order valence-electron chi connectivity index (χ3n) is 8.40. The Balaban J connectivity index is 0.00000500. The second kappa shape index (κ2) is 15.4. The van der Waals surface area contributed by atoms with E-state index in [0.717, 1.165) is 41.9 Å². The Kier molecular flexibility index (Phi) is 12.0. The molecule has 5 nitrogen and oxygen atoms in total. The number of rotatable bonds is 11. The summed E-state index contributed by atoms with van der Waals surface area (Å²) in [6.07, 6.45) is -4.65. The molecule has 2 N–H and O–H groups in total. The largest absolute Gasteiger partial charge is 0.493 e. The van der Waals surface area contributed by atoms with Crippen molar-refractivity contribution in [2.45, 2.75) is 51.2 Å². The highest BCUT2D eigenvalue weighted by Gasteiger charge is 2.53. The number of halogens is 6. The second-order valence-corrected chi connectivity index (χ2v) is 12.1. The van der Waals surface area contributed by atoms with E-state index < -0.39 is 35.3 Å². The van der Waals surface area contributed by atoms with Crippen LogP contribution in [0.4, 0.5) is 13.2 Å². The van der Waals surface area contributed by atoms with E-state index in [1.807, 2.05) is 36.4 Å². The van der Waals surface area contributed by atoms with Crippen LogP contribution < -0.4 is 15.4 Å². The molecule has 0 aliphatic carbocycles. The molecule has 4 aromatic carbocycles. The molecule has 1 aliphatic heterocycles. The predicted molar refractivity (Wildman–Crippen MR) is 184 cm³/mol. The molecule has 1 aliphatic rings. The van der Waals surface area contributed by atoms with E-state index in [0.29, 0.717) is 22.2 Å². The molecule has 0 amide bonds. The fraction of sp³-hybridized carbons (Fsp3) is 0.306. The SMILES string of the molecule is CCOc1ccc(C(F)(F)F)cc1C1(C(=O)c2ccc(CN(CC)CC)cc2)NC(c2ccc(Cl)cc2)C(c2ccc(Cl)cc2)N1.Cl. The van der Waals surface area contributed by atoms with Crippen LogP contribution >= 0.6 is 35.6 Å². The van der Waals surface area contributed by atoms with E-state index in [1.54, 1.807) is 43.3 Å². The number of hydrogen-bond acceptors (Lipinski definition) is 5. The Morgan fingerprint density at radius 2 is 1.32 bits per heavy atom. The standard InChI is InChI=1S/C36H36Cl2F3N3O2.ClH/c1-4-44(5-2)22-23-7-9-26(10-8-23)34(45)35(30-21-27(36(39,40)41)15-20-31(30)46-6-3)42-32(24-11-16-28(37)17-12-24)33(43-35)25-13-18-29(38)19-14-25;/h7-21,32-33,42-43H,4-6,22H2,1-3H3;1H. The van der Waals surface area contributed by atoms with Crippen molar-refractivity contribution in [1.82, 2.24) is 15.5 Å². The average molecular weight is 707 g/mol. The van der Waals surface area contributed by atoms with Gasteiger partial charge in [0.05, 0.1) is 24.3 Å². The van der Waals surface area contributed by atoms with E-state index in [9.17, 15) is 18.0 Å². The topological polar surface area (TPSA) is 53.6 Å². The summed E-state index contributed by atoms with van der Waals surface area (Å²) in [6.45, 7) is 8.56. The van der Waals surface area contributed by atoms with Crippen molar-refractivity contribution in [1.29, 1.82) is 0 Å². The Labute approximate surface area is 289 Å². The molecule has 250 valence electrons. The van der Waals surface area contributed by atoms with E-state index in [2.05, 4.69) is 29.4 Å². The van der Waals surface area contributed by atoms with E-state index >= 15 is 0 Å². The molecule has 0 bridgehead atoms. The number of Topliss-reactive ketones (excluding diaryl/α,β-unsaturated/α-hetero) is 1. The summed E-state index contributed by atoms with van der Waals surface area (Å²) in [6, 6.07) is 23.7. The minimum Gasteiger partial charge on any atom is -0.493 e. The number of nitrogens with one attached hydrogen (secondary N) is 2. The molecule has 5 rings (SSSR count). The summed E-state index contributed by atoms with van der Waals surface area (Å²) in [5.41, 5.74) is 0.243. The van der Waals surface area contributed by atoms with Crippen molar-refractivity contribution < 1.29 is 22.7 Å². The maximum Gasteiger partial charge on any atom is 0.416 e. The molecule has 47 heavy (non-hydrogen) atoms. The molecular formula is C36H37Cl3F3N3O2. The molecular weight excluding hydrogens is 670 g/mol. The van der Waals surface area contributed by atoms with Gasteiger partial charge in [-0.3, -0.25) is 20.3 Å². The molecule has 2 unspecified atom stereocenters. The van der Waals surface area contributed by atoms with Gasteiger partial charge in [0.25, 0.3) is 0 Å². The van der Waals surface area contributed by atoms with Gasteiger partial charge in [0.15, 0.2) is 5.66 Å². The smallest absolute Gasteiger partial charge is 0.416 e. The quantitative estimate of drug-likeness (QED) is 0.152. The lowest BCUT2D eigenvalue weighted by molar-refractivity contribution is -0.137. The molecule has 4 aromatic rings. The van der Waals surface area contributed by atoms with Crippen molar-refractivity contribution in [3.63, 3.8) is 0 Å². The van der Waals surface area contributed by atoms with Crippen molar-refractivity contribution in [2.24, 2.45) is 0 Å². The van der Waals surface area contributed by atoms with Gasteiger partial charge >= 0.3 is 6.18 Å². The number of benzene rings is 4. The number of carbonyl (C=O) groups excluding carboxylic acids is 1. The lowest BCUT2D eigenvalue weighted by atomic mass is 9.88. The summed E-state index contributed by atoms with van der Waals surface area (Å²) in [5.74, 6) is -0.286. The van der Waals surface area contributed by atoms with Crippen LogP contribution in [-0.2, 0) is 18.4 Å². The molecule has 1 fully saturated rings. The lowest BCUT2D eigenvalue weighted by Crippen LogP contribution is -2.53. The predicted octanol–water partition coefficient (Wildman–Crippen LogP) is 9.39. The lowest BCUT2D eigenvalue weighted by Gasteiger charge is -2.32. The highest BCUT2D eigenvalue weighted by Crippen LogP contribution is 2.46. The number of ether oxygens (including phenoxy) is 1. The van der Waals surface area contributed by atoms with Gasteiger partial charge in [-0.15, -0.1) is 12.4 Å². The van der Waals surface area contributed by atoms with Gasteiger partial charge in [-0.1, -0.05) is 85.6 Å². The van der Waals surface area contributed by atoms with Gasteiger partial charge in [-0.05, 0) is 79.2 Å². The van der Waals surface area contributed by atoms with Crippen LogP contribution in [0.3, 0.4) is 0 Å². The van der Waals surface area contributed by atoms with Crippen LogP contribution in [0.25, 0.3) is 0 Å². The van der Waals surface area contributed by atoms with Crippen LogP contribution in [0.5, 0.6) is 5.75 Å². The molecule has 1 heterocycles. The summed E-state index contributed by atoms with van der Waals surface area (Å²) in [7, 11) is 0. The summed E-state index contributed by atoms with van der Waals surface area (Å²) in [5, 5.41) is 7.99. The van der Waals surface area contributed by atoms with Crippen LogP contribution in [0.15, 0.2) is 91.0 Å². The summed E-state index contributed by atoms with van der Waals surface area (Å²) in [4.78, 5) is 17.1. The molecule has 0 spiro atoms. The fourth-order valence-corrected chi connectivity index (χ4v) is 6.19. The Morgan fingerprint density at radius 1 is 0.809 bits per heavy atom. The van der Waals surface area contributed by atoms with Gasteiger partial charge < -0.3 is 4.74 Å². The normalized spacial score (nSPS) is 19.4. The first-order valence-corrected chi connectivity index (χ1v) is 16.0. The number of nitrogens with zero attached hydrogens (tertiary/aromatic N) is 1. The molecule has 11 heteroatoms. The first-order valence-electron chi connectivity index (χ1n) is 15.3. The van der Waals surface area contributed by atoms with Gasteiger partial charge in [0, 0.05) is 27.7 Å². The zero-order valence-corrected chi connectivity index (χ0v) is 28.5. The average Bonchev–Trinajstić information content (AvgIpc) is 3.46. The first kappa shape index (κ1) is 36.7. The maximum atomic E-state index is 14.9. The van der Waals surface area contributed by atoms with Crippen molar-refractivity contribution >= 4 is 41.4 Å². The summed E-state index contributed by atoms with van der Waals surface area (Å²) >= 11 is 12.4. The highest BCUT2D eigenvalue weighted by molar-refractivity contribution is 6.30. The Morgan fingerprint density at radius 3 is 1.77 bits per heavy atom. The van der Waals surface area contributed by atoms with Crippen molar-refractivity contribution in [3.8, 4) is 5.75 Å². The third kappa shape index (κ3) is 7.96. The van der Waals surface area contributed by atoms with Gasteiger partial charge in [0.2, 0.25) is 5.78 Å². The summed E-state index contributed by atoms with van der Waals surface area (Å²) < 4.78 is 48.5. The molecule has 0 saturated carbocycles. The number of alkyl halides is 3. The van der Waals surface area contributed by atoms with Gasteiger partial charge in [0.1, 0.15) is 5.75 Å². The van der Waals surface area contributed by atoms with Crippen LogP contribution in [0, 0.1) is 0 Å². The number of hydrogen-bond donors (Lipinski definition) is 2. The molecule has 2 atom stereocenters. The van der Waals surface area contributed by atoms with Crippen molar-refractivity contribution in [3.05, 3.63) is 134 Å². The van der Waals surface area contributed by atoms with Crippen LogP contribution in [-0.4, -0.2) is 30.4 Å². The third-order valence-corrected chi connectivity index (χ3v) is 8.91. The van der Waals surface area contributed by atoms with Crippen molar-refractivity contribution in [2.75, 3.05) is 19.7 Å². The first-order chi connectivity index (χ1) is 22.0. The van der Waals surface area contributed by atoms with Gasteiger partial charge in [-0.2, -0.15) is 13.2 Å². The van der Waals surface area contributed by atoms with Crippen LogP contribution in [0.2, 0.25) is 10.0 Å². The van der Waals surface area contributed by atoms with E-state index in [-0.39, 0.29) is 30.3 Å². The van der Waals surface area contributed by atoms with Gasteiger partial charge in [-0.25, -0.2) is 0 Å². The van der Waals surface area contributed by atoms with E-state index in [4.69, 9.17) is 27.9 Å². The monoisotopic (exact) mass is 705 g/mol. The molecule has 1 saturated heterocycles. The molecule has 0 radical (unpaired) electrons. The Hall–Kier alpha value is -3.11. The van der Waals surface area contributed by atoms with Crippen LogP contribution in [0.1, 0.15) is 71.0 Å². The minimum absolute atomic E-state index is 0. The fourth-order valence-electron chi connectivity index (χ4n) is 5.94. The second-order valence-electron chi connectivity index (χ2n) is 11.2. The van der Waals surface area contributed by atoms with E-state index in [1.165, 1.54) is 6.07 Å². The zero-order valence-electron chi connectivity index (χ0n) is 26.2. The number of ketones is 1. The Bertz CT molecular complexity index is 1590. The number of carbonyl (C=O) groups is 1. The zero-order chi connectivity index (χ0) is 33.1. The maximum absolute atomic E-state index is 14.9.